The summed E-state index contributed by atoms with van der Waals surface area (Å²) in [5.41, 5.74) is -4.21. The first-order chi connectivity index (χ1) is 18.0. The minimum absolute atomic E-state index is 0.0842. The van der Waals surface area contributed by atoms with E-state index in [1.54, 1.807) is 12.0 Å². The van der Waals surface area contributed by atoms with Gasteiger partial charge < -0.3 is 14.6 Å². The van der Waals surface area contributed by atoms with E-state index >= 15 is 0 Å². The van der Waals surface area contributed by atoms with Crippen LogP contribution in [0.4, 0.5) is 27.6 Å². The van der Waals surface area contributed by atoms with Gasteiger partial charge in [-0.3, -0.25) is 9.59 Å². The number of nitrogens with one attached hydrogen (secondary N) is 2. The fraction of sp³-hybridized carbons (Fsp3) is 0.292. The number of aromatic nitrogens is 5. The molecular weight excluding hydrogens is 515 g/mol. The Labute approximate surface area is 211 Å². The Morgan fingerprint density at radius 1 is 1.13 bits per heavy atom. The van der Waals surface area contributed by atoms with Gasteiger partial charge in [-0.1, -0.05) is 0 Å². The molecule has 0 spiro atoms. The molecule has 0 bridgehead atoms. The van der Waals surface area contributed by atoms with Crippen LogP contribution in [0.1, 0.15) is 25.3 Å². The molecule has 0 radical (unpaired) electrons. The number of pyridine rings is 1. The zero-order valence-corrected chi connectivity index (χ0v) is 20.1. The van der Waals surface area contributed by atoms with Gasteiger partial charge in [0.15, 0.2) is 23.2 Å². The molecule has 0 aliphatic carbocycles. The number of aryl methyl sites for hydroxylation is 1. The van der Waals surface area contributed by atoms with Crippen molar-refractivity contribution in [1.82, 2.24) is 24.7 Å². The second-order valence-electron chi connectivity index (χ2n) is 8.45. The first-order valence-electron chi connectivity index (χ1n) is 11.3. The molecule has 1 aromatic carbocycles. The summed E-state index contributed by atoms with van der Waals surface area (Å²) >= 11 is 0. The number of alkyl halides is 3. The summed E-state index contributed by atoms with van der Waals surface area (Å²) < 4.78 is 75.7. The van der Waals surface area contributed by atoms with Crippen molar-refractivity contribution in [2.45, 2.75) is 38.5 Å². The Morgan fingerprint density at radius 3 is 2.50 bits per heavy atom. The smallest absolute Gasteiger partial charge is 0.423 e. The number of halogens is 5. The second kappa shape index (κ2) is 10.6. The highest BCUT2D eigenvalue weighted by Gasteiger charge is 2.37. The van der Waals surface area contributed by atoms with E-state index < -0.39 is 51.6 Å². The van der Waals surface area contributed by atoms with E-state index in [4.69, 9.17) is 4.74 Å². The quantitative estimate of drug-likeness (QED) is 0.326. The van der Waals surface area contributed by atoms with Crippen molar-refractivity contribution in [1.29, 1.82) is 0 Å². The molecule has 2 N–H and O–H groups in total. The topological polar surface area (TPSA) is 115 Å². The SMILES string of the molecule is COc1cnc(-c2cc3ccn(CCCC(C)Nc4cn[nH]c(=O)c4C(F)(F)F)c(=O)c3c(F)c2F)nc1. The van der Waals surface area contributed by atoms with E-state index in [1.165, 1.54) is 42.4 Å². The number of H-pyrrole nitrogens is 1. The third-order valence-electron chi connectivity index (χ3n) is 5.83. The Hall–Kier alpha value is -4.36. The number of benzene rings is 1. The van der Waals surface area contributed by atoms with Crippen LogP contribution in [0.3, 0.4) is 0 Å². The molecule has 1 atom stereocenters. The highest BCUT2D eigenvalue weighted by Crippen LogP contribution is 2.32. The van der Waals surface area contributed by atoms with Gasteiger partial charge in [0.25, 0.3) is 11.1 Å². The molecule has 200 valence electrons. The van der Waals surface area contributed by atoms with E-state index in [0.29, 0.717) is 18.6 Å². The van der Waals surface area contributed by atoms with E-state index in [0.717, 1.165) is 6.20 Å². The predicted molar refractivity (Wildman–Crippen MR) is 128 cm³/mol. The Kier molecular flexibility index (Phi) is 7.41. The molecule has 4 rings (SSSR count). The zero-order valence-electron chi connectivity index (χ0n) is 20.1. The minimum Gasteiger partial charge on any atom is -0.494 e. The number of methoxy groups -OCH3 is 1. The van der Waals surface area contributed by atoms with Gasteiger partial charge in [0, 0.05) is 18.8 Å². The van der Waals surface area contributed by atoms with Gasteiger partial charge in [-0.15, -0.1) is 0 Å². The van der Waals surface area contributed by atoms with Gasteiger partial charge in [-0.05, 0) is 37.3 Å². The molecular formula is C24H21F5N6O3. The van der Waals surface area contributed by atoms with E-state index in [9.17, 15) is 31.5 Å². The van der Waals surface area contributed by atoms with Crippen LogP contribution >= 0.6 is 0 Å². The molecule has 3 heterocycles. The maximum absolute atomic E-state index is 15.0. The Morgan fingerprint density at radius 2 is 1.84 bits per heavy atom. The van der Waals surface area contributed by atoms with Crippen LogP contribution in [0.25, 0.3) is 22.2 Å². The first-order valence-corrected chi connectivity index (χ1v) is 11.3. The summed E-state index contributed by atoms with van der Waals surface area (Å²) in [6.45, 7) is 1.69. The number of anilines is 1. The highest BCUT2D eigenvalue weighted by molar-refractivity contribution is 5.86. The Bertz CT molecular complexity index is 1580. The lowest BCUT2D eigenvalue weighted by atomic mass is 10.1. The lowest BCUT2D eigenvalue weighted by Gasteiger charge is -2.18. The van der Waals surface area contributed by atoms with Crippen molar-refractivity contribution >= 4 is 16.5 Å². The van der Waals surface area contributed by atoms with Crippen LogP contribution in [-0.2, 0) is 12.7 Å². The number of hydrogen-bond donors (Lipinski definition) is 2. The standard InChI is InChI=1S/C24H21F5N6O3/c1-12(33-16-11-32-34-22(36)18(16)24(27,28)29)4-3-6-35-7-5-13-8-15(19(25)20(26)17(13)23(35)37)21-30-9-14(38-2)10-31-21/h5,7-12H,3-4,6H2,1-2H3,(H2,33,34,36). The normalized spacial score (nSPS) is 12.5. The summed E-state index contributed by atoms with van der Waals surface area (Å²) in [5.74, 6) is -2.37. The third-order valence-corrected chi connectivity index (χ3v) is 5.83. The summed E-state index contributed by atoms with van der Waals surface area (Å²) in [7, 11) is 1.41. The number of fused-ring (bicyclic) bond motifs is 1. The third kappa shape index (κ3) is 5.33. The molecule has 0 amide bonds. The molecule has 0 aliphatic heterocycles. The number of hydrogen-bond acceptors (Lipinski definition) is 7. The maximum atomic E-state index is 15.0. The second-order valence-corrected chi connectivity index (χ2v) is 8.45. The van der Waals surface area contributed by atoms with Crippen molar-refractivity contribution in [3.63, 3.8) is 0 Å². The molecule has 4 aromatic rings. The highest BCUT2D eigenvalue weighted by atomic mass is 19.4. The monoisotopic (exact) mass is 536 g/mol. The molecule has 3 aromatic heterocycles. The van der Waals surface area contributed by atoms with Gasteiger partial charge in [0.2, 0.25) is 0 Å². The summed E-state index contributed by atoms with van der Waals surface area (Å²) in [6.07, 6.45) is 0.606. The molecule has 1 unspecified atom stereocenters. The predicted octanol–water partition coefficient (Wildman–Crippen LogP) is 4.13. The Balaban J connectivity index is 1.51. The molecule has 38 heavy (non-hydrogen) atoms. The largest absolute Gasteiger partial charge is 0.494 e. The van der Waals surface area contributed by atoms with Crippen molar-refractivity contribution in [3.05, 3.63) is 74.8 Å². The minimum atomic E-state index is -4.88. The molecule has 0 saturated heterocycles. The van der Waals surface area contributed by atoms with Gasteiger partial charge in [0.1, 0.15) is 5.56 Å². The number of rotatable bonds is 8. The molecule has 9 nitrogen and oxygen atoms in total. The molecule has 0 saturated carbocycles. The van der Waals surface area contributed by atoms with Crippen LogP contribution in [-0.4, -0.2) is 37.9 Å². The number of nitrogens with zero attached hydrogens (tertiary/aromatic N) is 4. The van der Waals surface area contributed by atoms with Gasteiger partial charge >= 0.3 is 6.18 Å². The molecule has 14 heteroatoms. The fourth-order valence-electron chi connectivity index (χ4n) is 3.97. The summed E-state index contributed by atoms with van der Waals surface area (Å²) in [4.78, 5) is 32.4. The zero-order chi connectivity index (χ0) is 27.6. The van der Waals surface area contributed by atoms with Gasteiger partial charge in [-0.25, -0.2) is 23.8 Å². The van der Waals surface area contributed by atoms with Crippen LogP contribution in [0.2, 0.25) is 0 Å². The van der Waals surface area contributed by atoms with Crippen molar-refractivity contribution in [3.8, 4) is 17.1 Å². The van der Waals surface area contributed by atoms with Crippen molar-refractivity contribution in [2.24, 2.45) is 0 Å². The van der Waals surface area contributed by atoms with Gasteiger partial charge in [-0.2, -0.15) is 18.3 Å². The van der Waals surface area contributed by atoms with Gasteiger partial charge in [0.05, 0.1) is 42.3 Å². The maximum Gasteiger partial charge on any atom is 0.423 e. The van der Waals surface area contributed by atoms with E-state index in [2.05, 4.69) is 20.4 Å². The van der Waals surface area contributed by atoms with Crippen LogP contribution in [0.5, 0.6) is 5.75 Å². The number of aromatic amines is 1. The van der Waals surface area contributed by atoms with Crippen molar-refractivity contribution in [2.75, 3.05) is 12.4 Å². The number of ether oxygens (including phenoxy) is 1. The summed E-state index contributed by atoms with van der Waals surface area (Å²) in [5, 5.41) is 7.48. The van der Waals surface area contributed by atoms with Crippen LogP contribution in [0.15, 0.2) is 46.5 Å². The average molecular weight is 536 g/mol. The lowest BCUT2D eigenvalue weighted by molar-refractivity contribution is -0.138. The van der Waals surface area contributed by atoms with Crippen LogP contribution in [0, 0.1) is 11.6 Å². The van der Waals surface area contributed by atoms with Crippen LogP contribution < -0.4 is 21.2 Å². The fourth-order valence-corrected chi connectivity index (χ4v) is 3.97. The molecule has 0 fully saturated rings. The van der Waals surface area contributed by atoms with Crippen molar-refractivity contribution < 1.29 is 26.7 Å². The van der Waals surface area contributed by atoms with E-state index in [-0.39, 0.29) is 23.3 Å². The lowest BCUT2D eigenvalue weighted by Crippen LogP contribution is -2.27. The van der Waals surface area contributed by atoms with E-state index in [1.807, 2.05) is 0 Å². The first kappa shape index (κ1) is 26.7. The average Bonchev–Trinajstić information content (AvgIpc) is 2.86. The molecule has 0 aliphatic rings. The summed E-state index contributed by atoms with van der Waals surface area (Å²) in [6, 6.07) is 2.20.